The number of carbonyl (C=O) groups is 1. The van der Waals surface area contributed by atoms with Gasteiger partial charge in [-0.25, -0.2) is 0 Å². The van der Waals surface area contributed by atoms with Crippen molar-refractivity contribution in [2.45, 2.75) is 27.2 Å². The van der Waals surface area contributed by atoms with Crippen LogP contribution in [0.2, 0.25) is 0 Å². The Bertz CT molecular complexity index is 287. The Morgan fingerprint density at radius 3 is 2.53 bits per heavy atom. The van der Waals surface area contributed by atoms with Crippen LogP contribution in [0.5, 0.6) is 0 Å². The molecule has 1 aliphatic rings. The molecular weight excluding hydrogens is 186 g/mol. The quantitative estimate of drug-likeness (QED) is 0.696. The van der Waals surface area contributed by atoms with Crippen LogP contribution < -0.4 is 0 Å². The minimum Gasteiger partial charge on any atom is -0.337 e. The summed E-state index contributed by atoms with van der Waals surface area (Å²) in [5.74, 6) is 0.0969. The van der Waals surface area contributed by atoms with E-state index in [1.807, 2.05) is 32.9 Å². The number of likely N-dealkylation sites (N-methyl/N-ethyl adjacent to an activating group) is 1. The average Bonchev–Trinajstić information content (AvgIpc) is 2.55. The standard InChI is InChI=1S/C11H15NO.C2H6/c1-4-6-7-10-9(5-2)8-12(3)11(10)13;1-2/h5-7H,2,4,8H2,1,3H3;1-2H3/b7-6-;. The molecule has 0 aliphatic carbocycles. The fraction of sp³-hybridized carbons (Fsp3) is 0.462. The lowest BCUT2D eigenvalue weighted by Gasteiger charge is -2.06. The molecule has 0 N–H and O–H groups in total. The molecule has 1 heterocycles. The molecule has 0 fully saturated rings. The van der Waals surface area contributed by atoms with Crippen LogP contribution in [0.1, 0.15) is 27.2 Å². The normalized spacial score (nSPS) is 15.7. The highest BCUT2D eigenvalue weighted by Crippen LogP contribution is 2.19. The summed E-state index contributed by atoms with van der Waals surface area (Å²) < 4.78 is 0. The molecule has 1 rings (SSSR count). The zero-order valence-corrected chi connectivity index (χ0v) is 10.2. The van der Waals surface area contributed by atoms with Gasteiger partial charge in [-0.15, -0.1) is 0 Å². The zero-order chi connectivity index (χ0) is 11.8. The molecule has 0 aromatic carbocycles. The number of rotatable bonds is 3. The van der Waals surface area contributed by atoms with E-state index >= 15 is 0 Å². The van der Waals surface area contributed by atoms with E-state index in [1.54, 1.807) is 18.0 Å². The molecule has 0 bridgehead atoms. The molecule has 0 radical (unpaired) electrons. The van der Waals surface area contributed by atoms with Crippen LogP contribution in [0.15, 0.2) is 36.0 Å². The topological polar surface area (TPSA) is 20.3 Å². The van der Waals surface area contributed by atoms with Crippen LogP contribution in [-0.4, -0.2) is 24.4 Å². The second kappa shape index (κ2) is 7.04. The van der Waals surface area contributed by atoms with Crippen molar-refractivity contribution >= 4 is 5.91 Å². The van der Waals surface area contributed by atoms with Crippen molar-refractivity contribution in [3.63, 3.8) is 0 Å². The molecule has 2 nitrogen and oxygen atoms in total. The van der Waals surface area contributed by atoms with Gasteiger partial charge in [0.2, 0.25) is 0 Å². The molecule has 0 saturated heterocycles. The van der Waals surface area contributed by atoms with Gasteiger partial charge in [-0.2, -0.15) is 0 Å². The molecule has 1 amide bonds. The van der Waals surface area contributed by atoms with E-state index in [4.69, 9.17) is 0 Å². The highest BCUT2D eigenvalue weighted by Gasteiger charge is 2.23. The average molecular weight is 207 g/mol. The molecule has 0 saturated carbocycles. The summed E-state index contributed by atoms with van der Waals surface area (Å²) in [6.45, 7) is 10.4. The summed E-state index contributed by atoms with van der Waals surface area (Å²) >= 11 is 0. The molecular formula is C13H21NO. The van der Waals surface area contributed by atoms with Gasteiger partial charge in [0.15, 0.2) is 0 Å². The third-order valence-corrected chi connectivity index (χ3v) is 2.10. The molecule has 0 aromatic heterocycles. The number of hydrogen-bond donors (Lipinski definition) is 0. The number of carbonyl (C=O) groups excluding carboxylic acids is 1. The monoisotopic (exact) mass is 207 g/mol. The fourth-order valence-corrected chi connectivity index (χ4v) is 1.34. The van der Waals surface area contributed by atoms with Gasteiger partial charge in [-0.3, -0.25) is 4.79 Å². The van der Waals surface area contributed by atoms with Crippen molar-refractivity contribution < 1.29 is 4.79 Å². The van der Waals surface area contributed by atoms with Gasteiger partial charge in [0.25, 0.3) is 5.91 Å². The number of nitrogens with zero attached hydrogens (tertiary/aromatic N) is 1. The highest BCUT2D eigenvalue weighted by molar-refractivity contribution is 6.00. The van der Waals surface area contributed by atoms with Gasteiger partial charge < -0.3 is 4.90 Å². The van der Waals surface area contributed by atoms with E-state index in [0.29, 0.717) is 6.54 Å². The first kappa shape index (κ1) is 13.7. The molecule has 1 aliphatic heterocycles. The summed E-state index contributed by atoms with van der Waals surface area (Å²) in [7, 11) is 1.80. The highest BCUT2D eigenvalue weighted by atomic mass is 16.2. The van der Waals surface area contributed by atoms with Crippen molar-refractivity contribution in [3.05, 3.63) is 36.0 Å². The first-order valence-corrected chi connectivity index (χ1v) is 5.48. The van der Waals surface area contributed by atoms with E-state index in [1.165, 1.54) is 0 Å². The summed E-state index contributed by atoms with van der Waals surface area (Å²) in [5.41, 5.74) is 1.82. The second-order valence-electron chi connectivity index (χ2n) is 3.11. The van der Waals surface area contributed by atoms with Crippen LogP contribution in [-0.2, 0) is 4.79 Å². The predicted molar refractivity (Wildman–Crippen MR) is 65.6 cm³/mol. The van der Waals surface area contributed by atoms with E-state index < -0.39 is 0 Å². The Kier molecular flexibility index (Phi) is 6.43. The summed E-state index contributed by atoms with van der Waals surface area (Å²) in [6, 6.07) is 0. The molecule has 0 spiro atoms. The summed E-state index contributed by atoms with van der Waals surface area (Å²) in [6.07, 6.45) is 6.60. The lowest BCUT2D eigenvalue weighted by atomic mass is 10.1. The van der Waals surface area contributed by atoms with Crippen molar-refractivity contribution in [2.24, 2.45) is 0 Å². The molecule has 84 valence electrons. The van der Waals surface area contributed by atoms with Crippen molar-refractivity contribution in [3.8, 4) is 0 Å². The summed E-state index contributed by atoms with van der Waals surface area (Å²) in [4.78, 5) is 13.3. The van der Waals surface area contributed by atoms with Gasteiger partial charge >= 0.3 is 0 Å². The first-order valence-electron chi connectivity index (χ1n) is 5.48. The zero-order valence-electron chi connectivity index (χ0n) is 10.2. The fourth-order valence-electron chi connectivity index (χ4n) is 1.34. The maximum atomic E-state index is 11.5. The molecule has 0 aromatic rings. The number of allylic oxidation sites excluding steroid dienone is 1. The maximum absolute atomic E-state index is 11.5. The smallest absolute Gasteiger partial charge is 0.254 e. The largest absolute Gasteiger partial charge is 0.337 e. The molecule has 0 atom stereocenters. The van der Waals surface area contributed by atoms with Gasteiger partial charge in [0.05, 0.1) is 0 Å². The van der Waals surface area contributed by atoms with Crippen LogP contribution in [0.4, 0.5) is 0 Å². The van der Waals surface area contributed by atoms with Gasteiger partial charge in [0, 0.05) is 19.2 Å². The van der Waals surface area contributed by atoms with E-state index in [-0.39, 0.29) is 5.91 Å². The van der Waals surface area contributed by atoms with E-state index in [9.17, 15) is 4.79 Å². The maximum Gasteiger partial charge on any atom is 0.254 e. The van der Waals surface area contributed by atoms with Crippen LogP contribution in [0, 0.1) is 0 Å². The summed E-state index contributed by atoms with van der Waals surface area (Å²) in [5, 5.41) is 0. The van der Waals surface area contributed by atoms with E-state index in [2.05, 4.69) is 6.58 Å². The number of hydrogen-bond acceptors (Lipinski definition) is 1. The van der Waals surface area contributed by atoms with Crippen LogP contribution in [0.3, 0.4) is 0 Å². The minimum absolute atomic E-state index is 0.0969. The Balaban J connectivity index is 0.000000921. The Labute approximate surface area is 93.0 Å². The third kappa shape index (κ3) is 3.39. The Morgan fingerprint density at radius 1 is 1.47 bits per heavy atom. The van der Waals surface area contributed by atoms with Crippen LogP contribution >= 0.6 is 0 Å². The molecule has 0 unspecified atom stereocenters. The van der Waals surface area contributed by atoms with Gasteiger partial charge in [-0.1, -0.05) is 45.6 Å². The first-order chi connectivity index (χ1) is 7.20. The SMILES string of the molecule is C=CC1=C(/C=C\CC)C(=O)N(C)C1.CC. The van der Waals surface area contributed by atoms with Crippen LogP contribution in [0.25, 0.3) is 0 Å². The predicted octanol–water partition coefficient (Wildman–Crippen LogP) is 2.93. The molecule has 2 heteroatoms. The second-order valence-corrected chi connectivity index (χ2v) is 3.11. The van der Waals surface area contributed by atoms with E-state index in [0.717, 1.165) is 17.6 Å². The van der Waals surface area contributed by atoms with Gasteiger partial charge in [0.1, 0.15) is 0 Å². The Hall–Kier alpha value is -1.31. The lowest BCUT2D eigenvalue weighted by molar-refractivity contribution is -0.124. The van der Waals surface area contributed by atoms with Crippen molar-refractivity contribution in [1.29, 1.82) is 0 Å². The molecule has 15 heavy (non-hydrogen) atoms. The number of amides is 1. The Morgan fingerprint density at radius 2 is 2.07 bits per heavy atom. The van der Waals surface area contributed by atoms with Crippen molar-refractivity contribution in [1.82, 2.24) is 4.90 Å². The minimum atomic E-state index is 0.0969. The lowest BCUT2D eigenvalue weighted by Crippen LogP contribution is -2.21. The van der Waals surface area contributed by atoms with Crippen molar-refractivity contribution in [2.75, 3.05) is 13.6 Å². The van der Waals surface area contributed by atoms with Gasteiger partial charge in [-0.05, 0) is 12.0 Å². The third-order valence-electron chi connectivity index (χ3n) is 2.10.